The van der Waals surface area contributed by atoms with E-state index in [4.69, 9.17) is 9.47 Å². The summed E-state index contributed by atoms with van der Waals surface area (Å²) >= 11 is 3.39. The Balaban J connectivity index is 1.90. The average molecular weight is 519 g/mol. The average Bonchev–Trinajstić information content (AvgIpc) is 2.80. The van der Waals surface area contributed by atoms with Crippen LogP contribution >= 0.6 is 15.9 Å². The molecule has 3 aromatic carbocycles. The zero-order chi connectivity index (χ0) is 23.1. The van der Waals surface area contributed by atoms with E-state index in [1.54, 1.807) is 18.2 Å². The van der Waals surface area contributed by atoms with Crippen molar-refractivity contribution in [2.24, 2.45) is 0 Å². The first-order valence-corrected chi connectivity index (χ1v) is 12.0. The molecule has 9 heteroatoms. The minimum absolute atomic E-state index is 0.0399. The summed E-state index contributed by atoms with van der Waals surface area (Å²) in [7, 11) is -1.16. The van der Waals surface area contributed by atoms with E-state index in [0.717, 1.165) is 5.56 Å². The molecule has 7 nitrogen and oxygen atoms in total. The summed E-state index contributed by atoms with van der Waals surface area (Å²) in [5.41, 5.74) is 1.36. The molecule has 0 aliphatic carbocycles. The zero-order valence-corrected chi connectivity index (χ0v) is 19.9. The number of benzene rings is 3. The van der Waals surface area contributed by atoms with Crippen molar-refractivity contribution >= 4 is 37.5 Å². The Morgan fingerprint density at radius 2 is 1.59 bits per heavy atom. The van der Waals surface area contributed by atoms with Crippen LogP contribution < -0.4 is 19.5 Å². The smallest absolute Gasteiger partial charge is 0.242 e. The first kappa shape index (κ1) is 23.8. The Morgan fingerprint density at radius 3 is 2.25 bits per heavy atom. The predicted molar refractivity (Wildman–Crippen MR) is 127 cm³/mol. The monoisotopic (exact) mass is 518 g/mol. The standard InChI is InChI=1S/C23H23BrN2O5S/c1-30-21-13-12-17(15-22(21)31-2)32(28,29)26-20(14-16-8-4-3-5-9-16)23(27)25-19-11-7-6-10-18(19)24/h3-13,15,20,26H,14H2,1-2H3,(H,25,27)/t20-/m0/s1. The van der Waals surface area contributed by atoms with Gasteiger partial charge < -0.3 is 14.8 Å². The van der Waals surface area contributed by atoms with Gasteiger partial charge >= 0.3 is 0 Å². The Morgan fingerprint density at radius 1 is 0.938 bits per heavy atom. The fourth-order valence-corrected chi connectivity index (χ4v) is 4.65. The van der Waals surface area contributed by atoms with Crippen LogP contribution in [0.5, 0.6) is 11.5 Å². The number of halogens is 1. The summed E-state index contributed by atoms with van der Waals surface area (Å²) in [6, 6.07) is 19.5. The third-order valence-corrected chi connectivity index (χ3v) is 6.85. The minimum Gasteiger partial charge on any atom is -0.493 e. The molecular formula is C23H23BrN2O5S. The molecule has 0 bridgehead atoms. The fourth-order valence-electron chi connectivity index (χ4n) is 3.06. The van der Waals surface area contributed by atoms with Crippen molar-refractivity contribution in [1.82, 2.24) is 4.72 Å². The van der Waals surface area contributed by atoms with Gasteiger partial charge in [-0.3, -0.25) is 4.79 Å². The third kappa shape index (κ3) is 5.87. The van der Waals surface area contributed by atoms with E-state index < -0.39 is 22.0 Å². The van der Waals surface area contributed by atoms with Gasteiger partial charge in [0.25, 0.3) is 0 Å². The molecule has 1 amide bonds. The van der Waals surface area contributed by atoms with Gasteiger partial charge in [-0.1, -0.05) is 42.5 Å². The van der Waals surface area contributed by atoms with Gasteiger partial charge in [0, 0.05) is 10.5 Å². The van der Waals surface area contributed by atoms with Gasteiger partial charge in [0.2, 0.25) is 15.9 Å². The van der Waals surface area contributed by atoms with E-state index in [2.05, 4.69) is 26.0 Å². The highest BCUT2D eigenvalue weighted by Crippen LogP contribution is 2.29. The van der Waals surface area contributed by atoms with E-state index in [9.17, 15) is 13.2 Å². The molecule has 0 radical (unpaired) electrons. The lowest BCUT2D eigenvalue weighted by Crippen LogP contribution is -2.45. The van der Waals surface area contributed by atoms with Crippen LogP contribution in [0.3, 0.4) is 0 Å². The van der Waals surface area contributed by atoms with Gasteiger partial charge in [0.05, 0.1) is 24.8 Å². The summed E-state index contributed by atoms with van der Waals surface area (Å²) in [5, 5.41) is 2.79. The predicted octanol–water partition coefficient (Wildman–Crippen LogP) is 3.99. The summed E-state index contributed by atoms with van der Waals surface area (Å²) in [4.78, 5) is 13.1. The normalized spacial score (nSPS) is 12.1. The number of hydrogen-bond donors (Lipinski definition) is 2. The molecule has 3 rings (SSSR count). The Labute approximate surface area is 195 Å². The molecule has 0 aliphatic rings. The van der Waals surface area contributed by atoms with E-state index in [0.29, 0.717) is 15.9 Å². The van der Waals surface area contributed by atoms with Crippen LogP contribution in [0, 0.1) is 0 Å². The number of anilines is 1. The lowest BCUT2D eigenvalue weighted by atomic mass is 10.1. The number of methoxy groups -OCH3 is 2. The topological polar surface area (TPSA) is 93.7 Å². The SMILES string of the molecule is COc1ccc(S(=O)(=O)N[C@@H](Cc2ccccc2)C(=O)Nc2ccccc2Br)cc1OC. The zero-order valence-electron chi connectivity index (χ0n) is 17.5. The molecule has 168 valence electrons. The second-order valence-corrected chi connectivity index (χ2v) is 9.42. The molecule has 0 saturated heterocycles. The number of nitrogens with one attached hydrogen (secondary N) is 2. The molecule has 1 atom stereocenters. The van der Waals surface area contributed by atoms with Crippen molar-refractivity contribution in [2.75, 3.05) is 19.5 Å². The number of rotatable bonds is 9. The highest BCUT2D eigenvalue weighted by molar-refractivity contribution is 9.10. The van der Waals surface area contributed by atoms with Gasteiger partial charge in [0.15, 0.2) is 11.5 Å². The molecule has 0 aliphatic heterocycles. The molecule has 0 fully saturated rings. The Kier molecular flexibility index (Phi) is 7.89. The molecule has 0 unspecified atom stereocenters. The number of hydrogen-bond acceptors (Lipinski definition) is 5. The van der Waals surface area contributed by atoms with Crippen LogP contribution in [0.2, 0.25) is 0 Å². The highest BCUT2D eigenvalue weighted by atomic mass is 79.9. The van der Waals surface area contributed by atoms with Gasteiger partial charge in [-0.25, -0.2) is 8.42 Å². The van der Waals surface area contributed by atoms with Crippen LogP contribution in [-0.4, -0.2) is 34.6 Å². The number of carbonyl (C=O) groups is 1. The van der Waals surface area contributed by atoms with Crippen molar-refractivity contribution < 1.29 is 22.7 Å². The maximum absolute atomic E-state index is 13.1. The van der Waals surface area contributed by atoms with Crippen LogP contribution in [0.25, 0.3) is 0 Å². The van der Waals surface area contributed by atoms with E-state index in [1.165, 1.54) is 32.4 Å². The lowest BCUT2D eigenvalue weighted by molar-refractivity contribution is -0.117. The number of sulfonamides is 1. The second-order valence-electron chi connectivity index (χ2n) is 6.85. The fraction of sp³-hybridized carbons (Fsp3) is 0.174. The number of carbonyl (C=O) groups excluding carboxylic acids is 1. The molecule has 2 N–H and O–H groups in total. The van der Waals surface area contributed by atoms with Gasteiger partial charge in [-0.15, -0.1) is 0 Å². The highest BCUT2D eigenvalue weighted by Gasteiger charge is 2.27. The Hall–Kier alpha value is -2.88. The number of amides is 1. The van der Waals surface area contributed by atoms with Gasteiger partial charge in [-0.2, -0.15) is 4.72 Å². The van der Waals surface area contributed by atoms with Gasteiger partial charge in [-0.05, 0) is 52.2 Å². The van der Waals surface area contributed by atoms with Crippen LogP contribution in [0.4, 0.5) is 5.69 Å². The van der Waals surface area contributed by atoms with Crippen molar-refractivity contribution in [2.45, 2.75) is 17.4 Å². The van der Waals surface area contributed by atoms with Crippen molar-refractivity contribution in [3.63, 3.8) is 0 Å². The van der Waals surface area contributed by atoms with E-state index >= 15 is 0 Å². The van der Waals surface area contributed by atoms with Crippen LogP contribution in [-0.2, 0) is 21.2 Å². The van der Waals surface area contributed by atoms with E-state index in [1.807, 2.05) is 36.4 Å². The van der Waals surface area contributed by atoms with Gasteiger partial charge in [0.1, 0.15) is 6.04 Å². The molecular weight excluding hydrogens is 496 g/mol. The quantitative estimate of drug-likeness (QED) is 0.446. The maximum atomic E-state index is 13.1. The summed E-state index contributed by atoms with van der Waals surface area (Å²) in [5.74, 6) is 0.191. The number of ether oxygens (including phenoxy) is 2. The molecule has 32 heavy (non-hydrogen) atoms. The summed E-state index contributed by atoms with van der Waals surface area (Å²) in [6.45, 7) is 0. The van der Waals surface area contributed by atoms with E-state index in [-0.39, 0.29) is 17.1 Å². The van der Waals surface area contributed by atoms with Crippen LogP contribution in [0.15, 0.2) is 82.2 Å². The summed E-state index contributed by atoms with van der Waals surface area (Å²) in [6.07, 6.45) is 0.170. The molecule has 0 spiro atoms. The lowest BCUT2D eigenvalue weighted by Gasteiger charge is -2.20. The second kappa shape index (κ2) is 10.6. The largest absolute Gasteiger partial charge is 0.493 e. The third-order valence-electron chi connectivity index (χ3n) is 4.69. The van der Waals surface area contributed by atoms with Crippen molar-refractivity contribution in [3.8, 4) is 11.5 Å². The molecule has 0 heterocycles. The Bertz CT molecular complexity index is 1190. The maximum Gasteiger partial charge on any atom is 0.242 e. The van der Waals surface area contributed by atoms with Crippen molar-refractivity contribution in [3.05, 3.63) is 82.8 Å². The minimum atomic E-state index is -4.04. The molecule has 0 saturated carbocycles. The first-order chi connectivity index (χ1) is 15.3. The van der Waals surface area contributed by atoms with Crippen LogP contribution in [0.1, 0.15) is 5.56 Å². The number of para-hydroxylation sites is 1. The molecule has 3 aromatic rings. The molecule has 0 aromatic heterocycles. The van der Waals surface area contributed by atoms with Crippen molar-refractivity contribution in [1.29, 1.82) is 0 Å². The first-order valence-electron chi connectivity index (χ1n) is 9.67. The summed E-state index contributed by atoms with van der Waals surface area (Å²) < 4.78 is 39.9.